The third-order valence-electron chi connectivity index (χ3n) is 3.81. The molecule has 3 aromatic rings. The summed E-state index contributed by atoms with van der Waals surface area (Å²) in [6.45, 7) is 0.251. The fourth-order valence-corrected chi connectivity index (χ4v) is 3.23. The van der Waals surface area contributed by atoms with E-state index < -0.39 is 4.92 Å². The lowest BCUT2D eigenvalue weighted by Crippen LogP contribution is -2.04. The topological polar surface area (TPSA) is 83.1 Å². The Balaban J connectivity index is 1.52. The fourth-order valence-electron chi connectivity index (χ4n) is 2.31. The molecule has 134 valence electrons. The Hall–Kier alpha value is -2.87. The molecular formula is C18H18N4O3S. The molecule has 0 atom stereocenters. The first-order chi connectivity index (χ1) is 12.6. The highest BCUT2D eigenvalue weighted by Gasteiger charge is 2.10. The van der Waals surface area contributed by atoms with E-state index >= 15 is 0 Å². The van der Waals surface area contributed by atoms with Gasteiger partial charge in [-0.15, -0.1) is 10.2 Å². The number of nitro benzene ring substituents is 1. The van der Waals surface area contributed by atoms with Gasteiger partial charge in [0, 0.05) is 24.9 Å². The van der Waals surface area contributed by atoms with Crippen molar-refractivity contribution in [1.29, 1.82) is 0 Å². The lowest BCUT2D eigenvalue weighted by molar-refractivity contribution is -0.384. The van der Waals surface area contributed by atoms with Gasteiger partial charge in [0.1, 0.15) is 12.4 Å². The second kappa shape index (κ2) is 8.48. The zero-order chi connectivity index (χ0) is 18.4. The van der Waals surface area contributed by atoms with E-state index in [0.29, 0.717) is 11.6 Å². The van der Waals surface area contributed by atoms with Gasteiger partial charge in [-0.2, -0.15) is 0 Å². The second-order valence-electron chi connectivity index (χ2n) is 5.58. The molecule has 0 saturated carbocycles. The summed E-state index contributed by atoms with van der Waals surface area (Å²) < 4.78 is 7.54. The van der Waals surface area contributed by atoms with Crippen molar-refractivity contribution in [2.75, 3.05) is 5.75 Å². The molecule has 0 bridgehead atoms. The van der Waals surface area contributed by atoms with Crippen molar-refractivity contribution in [2.24, 2.45) is 7.05 Å². The lowest BCUT2D eigenvalue weighted by Gasteiger charge is -2.06. The monoisotopic (exact) mass is 370 g/mol. The van der Waals surface area contributed by atoms with Gasteiger partial charge in [0.15, 0.2) is 11.0 Å². The van der Waals surface area contributed by atoms with Gasteiger partial charge in [0.05, 0.1) is 4.92 Å². The molecule has 0 amide bonds. The number of nitrogens with zero attached hydrogens (tertiary/aromatic N) is 4. The zero-order valence-electron chi connectivity index (χ0n) is 14.2. The van der Waals surface area contributed by atoms with Crippen LogP contribution in [-0.4, -0.2) is 25.4 Å². The van der Waals surface area contributed by atoms with Gasteiger partial charge >= 0.3 is 0 Å². The molecule has 0 spiro atoms. The Morgan fingerprint density at radius 3 is 2.54 bits per heavy atom. The Bertz CT molecular complexity index is 866. The molecule has 0 radical (unpaired) electrons. The van der Waals surface area contributed by atoms with Crippen molar-refractivity contribution in [3.63, 3.8) is 0 Å². The summed E-state index contributed by atoms with van der Waals surface area (Å²) in [5.74, 6) is 2.17. The van der Waals surface area contributed by atoms with Crippen LogP contribution in [0.25, 0.3) is 0 Å². The number of aromatic nitrogens is 3. The van der Waals surface area contributed by atoms with Gasteiger partial charge in [0.2, 0.25) is 0 Å². The number of hydrogen-bond donors (Lipinski definition) is 0. The van der Waals surface area contributed by atoms with E-state index in [0.717, 1.165) is 17.3 Å². The number of thioether (sulfide) groups is 1. The number of non-ortho nitro benzene ring substituents is 1. The quantitative estimate of drug-likeness (QED) is 0.342. The predicted octanol–water partition coefficient (Wildman–Crippen LogP) is 3.64. The van der Waals surface area contributed by atoms with E-state index in [-0.39, 0.29) is 12.3 Å². The van der Waals surface area contributed by atoms with Gasteiger partial charge in [-0.05, 0) is 24.1 Å². The standard InChI is InChI=1S/C18H18N4O3S/c1-21-17(13-25-16-9-7-15(8-10-16)22(23)24)19-20-18(21)26-12-11-14-5-3-2-4-6-14/h2-10H,11-13H2,1H3. The molecule has 7 nitrogen and oxygen atoms in total. The summed E-state index contributed by atoms with van der Waals surface area (Å²) >= 11 is 1.65. The number of benzene rings is 2. The SMILES string of the molecule is Cn1c(COc2ccc([N+](=O)[O-])cc2)nnc1SCCc1ccccc1. The van der Waals surface area contributed by atoms with Crippen LogP contribution >= 0.6 is 11.8 Å². The molecule has 3 rings (SSSR count). The van der Waals surface area contributed by atoms with Crippen molar-refractivity contribution in [1.82, 2.24) is 14.8 Å². The second-order valence-corrected chi connectivity index (χ2v) is 6.64. The summed E-state index contributed by atoms with van der Waals surface area (Å²) in [5, 5.41) is 19.9. The van der Waals surface area contributed by atoms with E-state index in [4.69, 9.17) is 4.74 Å². The van der Waals surface area contributed by atoms with Gasteiger partial charge < -0.3 is 9.30 Å². The van der Waals surface area contributed by atoms with Crippen molar-refractivity contribution < 1.29 is 9.66 Å². The number of hydrogen-bond acceptors (Lipinski definition) is 6. The first kappa shape index (κ1) is 17.9. The maximum absolute atomic E-state index is 10.7. The highest BCUT2D eigenvalue weighted by atomic mass is 32.2. The molecule has 8 heteroatoms. The summed E-state index contributed by atoms with van der Waals surface area (Å²) in [5.41, 5.74) is 1.33. The van der Waals surface area contributed by atoms with E-state index in [9.17, 15) is 10.1 Å². The minimum Gasteiger partial charge on any atom is -0.486 e. The van der Waals surface area contributed by atoms with Crippen LogP contribution in [0.5, 0.6) is 5.75 Å². The number of nitro groups is 1. The van der Waals surface area contributed by atoms with Crippen LogP contribution in [-0.2, 0) is 20.1 Å². The van der Waals surface area contributed by atoms with Gasteiger partial charge in [0.25, 0.3) is 5.69 Å². The molecule has 0 saturated heterocycles. The maximum Gasteiger partial charge on any atom is 0.269 e. The molecule has 0 N–H and O–H groups in total. The van der Waals surface area contributed by atoms with Crippen LogP contribution in [0.2, 0.25) is 0 Å². The molecule has 1 aromatic heterocycles. The first-order valence-electron chi connectivity index (χ1n) is 8.06. The van der Waals surface area contributed by atoms with Gasteiger partial charge in [-0.1, -0.05) is 42.1 Å². The Labute approximate surface area is 155 Å². The van der Waals surface area contributed by atoms with Crippen LogP contribution in [0.1, 0.15) is 11.4 Å². The van der Waals surface area contributed by atoms with Crippen molar-refractivity contribution >= 4 is 17.4 Å². The van der Waals surface area contributed by atoms with Crippen LogP contribution < -0.4 is 4.74 Å². The molecule has 2 aromatic carbocycles. The summed E-state index contributed by atoms with van der Waals surface area (Å²) in [6.07, 6.45) is 0.965. The Morgan fingerprint density at radius 2 is 1.85 bits per heavy atom. The van der Waals surface area contributed by atoms with E-state index in [1.807, 2.05) is 29.8 Å². The molecular weight excluding hydrogens is 352 g/mol. The average Bonchev–Trinajstić information content (AvgIpc) is 3.01. The van der Waals surface area contributed by atoms with E-state index in [2.05, 4.69) is 22.3 Å². The van der Waals surface area contributed by atoms with Crippen LogP contribution in [0, 0.1) is 10.1 Å². The highest BCUT2D eigenvalue weighted by Crippen LogP contribution is 2.20. The first-order valence-corrected chi connectivity index (χ1v) is 9.04. The number of ether oxygens (including phenoxy) is 1. The minimum atomic E-state index is -0.439. The van der Waals surface area contributed by atoms with Gasteiger partial charge in [-0.3, -0.25) is 10.1 Å². The average molecular weight is 370 g/mol. The van der Waals surface area contributed by atoms with E-state index in [1.165, 1.54) is 17.7 Å². The maximum atomic E-state index is 10.7. The molecule has 26 heavy (non-hydrogen) atoms. The largest absolute Gasteiger partial charge is 0.486 e. The Kier molecular flexibility index (Phi) is 5.85. The van der Waals surface area contributed by atoms with Crippen molar-refractivity contribution in [3.8, 4) is 5.75 Å². The number of aryl methyl sites for hydroxylation is 1. The Morgan fingerprint density at radius 1 is 1.12 bits per heavy atom. The third kappa shape index (κ3) is 4.60. The molecule has 1 heterocycles. The van der Waals surface area contributed by atoms with E-state index in [1.54, 1.807) is 23.9 Å². The van der Waals surface area contributed by atoms with Crippen molar-refractivity contribution in [3.05, 3.63) is 76.1 Å². The minimum absolute atomic E-state index is 0.0353. The smallest absolute Gasteiger partial charge is 0.269 e. The van der Waals surface area contributed by atoms with Gasteiger partial charge in [-0.25, -0.2) is 0 Å². The van der Waals surface area contributed by atoms with Crippen LogP contribution in [0.3, 0.4) is 0 Å². The predicted molar refractivity (Wildman–Crippen MR) is 99.3 cm³/mol. The molecule has 0 aliphatic rings. The molecule has 0 aliphatic heterocycles. The van der Waals surface area contributed by atoms with Crippen LogP contribution in [0.4, 0.5) is 5.69 Å². The van der Waals surface area contributed by atoms with Crippen molar-refractivity contribution in [2.45, 2.75) is 18.2 Å². The summed E-state index contributed by atoms with van der Waals surface area (Å²) in [7, 11) is 1.90. The summed E-state index contributed by atoms with van der Waals surface area (Å²) in [6, 6.07) is 16.3. The third-order valence-corrected chi connectivity index (χ3v) is 4.83. The fraction of sp³-hybridized carbons (Fsp3) is 0.222. The highest BCUT2D eigenvalue weighted by molar-refractivity contribution is 7.99. The van der Waals surface area contributed by atoms with Crippen LogP contribution in [0.15, 0.2) is 59.8 Å². The number of rotatable bonds is 8. The molecule has 0 aliphatic carbocycles. The molecule has 0 fully saturated rings. The zero-order valence-corrected chi connectivity index (χ0v) is 15.1. The molecule has 0 unspecified atom stereocenters. The lowest BCUT2D eigenvalue weighted by atomic mass is 10.2. The normalized spacial score (nSPS) is 10.7. The summed E-state index contributed by atoms with van der Waals surface area (Å²) in [4.78, 5) is 10.2.